The molecule has 2 aromatic heterocycles. The van der Waals surface area contributed by atoms with E-state index in [1.54, 1.807) is 41.0 Å². The number of piperazine rings is 1. The first kappa shape index (κ1) is 28.4. The van der Waals surface area contributed by atoms with Gasteiger partial charge in [0.25, 0.3) is 0 Å². The summed E-state index contributed by atoms with van der Waals surface area (Å²) in [5.74, 6) is 0.182. The molecule has 41 heavy (non-hydrogen) atoms. The lowest BCUT2D eigenvalue weighted by Crippen LogP contribution is -2.55. The Bertz CT molecular complexity index is 1560. The van der Waals surface area contributed by atoms with Gasteiger partial charge in [-0.1, -0.05) is 22.8 Å². The van der Waals surface area contributed by atoms with Crippen molar-refractivity contribution < 1.29 is 22.5 Å². The van der Waals surface area contributed by atoms with E-state index in [-0.39, 0.29) is 23.1 Å². The summed E-state index contributed by atoms with van der Waals surface area (Å²) in [5.41, 5.74) is 1.50. The molecule has 6 rings (SSSR count). The molecule has 1 saturated carbocycles. The van der Waals surface area contributed by atoms with Gasteiger partial charge in [-0.05, 0) is 56.0 Å². The van der Waals surface area contributed by atoms with Gasteiger partial charge in [0.1, 0.15) is 6.04 Å². The first-order chi connectivity index (χ1) is 19.7. The van der Waals surface area contributed by atoms with Gasteiger partial charge in [0, 0.05) is 63.4 Å². The van der Waals surface area contributed by atoms with E-state index in [2.05, 4.69) is 14.8 Å². The normalized spacial score (nSPS) is 19.2. The summed E-state index contributed by atoms with van der Waals surface area (Å²) in [5, 5.41) is 4.14. The van der Waals surface area contributed by atoms with E-state index in [0.29, 0.717) is 59.1 Å². The lowest BCUT2D eigenvalue weighted by Gasteiger charge is -2.36. The molecule has 2 aliphatic heterocycles. The highest BCUT2D eigenvalue weighted by Gasteiger charge is 2.36. The Morgan fingerprint density at radius 2 is 1.95 bits per heavy atom. The molecule has 1 aromatic carbocycles. The van der Waals surface area contributed by atoms with Crippen molar-refractivity contribution in [3.63, 3.8) is 0 Å². The van der Waals surface area contributed by atoms with Crippen molar-refractivity contribution in [3.8, 4) is 10.6 Å². The molecule has 1 N–H and O–H groups in total. The minimum atomic E-state index is -4.14. The molecule has 3 aliphatic rings. The number of anilines is 1. The number of nitrogens with zero attached hydrogens (tertiary/aromatic N) is 4. The van der Waals surface area contributed by atoms with E-state index < -0.39 is 16.1 Å². The third-order valence-electron chi connectivity index (χ3n) is 7.98. The third kappa shape index (κ3) is 6.07. The van der Waals surface area contributed by atoms with Crippen molar-refractivity contribution in [3.05, 3.63) is 52.0 Å². The number of amides is 2. The maximum absolute atomic E-state index is 13.8. The molecule has 13 heteroatoms. The van der Waals surface area contributed by atoms with Gasteiger partial charge in [-0.15, -0.1) is 11.3 Å². The fourth-order valence-electron chi connectivity index (χ4n) is 5.67. The fourth-order valence-corrected chi connectivity index (χ4v) is 8.11. The quantitative estimate of drug-likeness (QED) is 0.389. The molecule has 3 aromatic rings. The number of carbonyl (C=O) groups excluding carboxylic acids is 2. The van der Waals surface area contributed by atoms with Crippen molar-refractivity contribution in [2.24, 2.45) is 0 Å². The number of nitrogens with one attached hydrogen (secondary N) is 1. The van der Waals surface area contributed by atoms with Crippen LogP contribution in [0.1, 0.15) is 36.9 Å². The Morgan fingerprint density at radius 3 is 2.61 bits per heavy atom. The standard InChI is InChI=1S/C28H32ClN5O5S2/c1-18-22(34-11-3-6-27(34)35)4-2-5-25(18)41(37,38)31-21(28(36)33-14-12-32(13-15-33)20-7-8-20)16-19-17-23(39-30-19)24-9-10-26(29)40-24/h2,4-5,9-10,17,20-21,31H,3,6-8,11-16H2,1H3/t21-/m0/s1. The maximum atomic E-state index is 13.8. The zero-order valence-corrected chi connectivity index (χ0v) is 25.1. The van der Waals surface area contributed by atoms with Crippen LogP contribution in [-0.2, 0) is 26.0 Å². The van der Waals surface area contributed by atoms with E-state index in [1.165, 1.54) is 30.2 Å². The summed E-state index contributed by atoms with van der Waals surface area (Å²) in [6.45, 7) is 4.87. The maximum Gasteiger partial charge on any atom is 0.241 e. The zero-order chi connectivity index (χ0) is 28.7. The highest BCUT2D eigenvalue weighted by Crippen LogP contribution is 2.33. The molecule has 2 amide bonds. The molecule has 0 bridgehead atoms. The van der Waals surface area contributed by atoms with Crippen LogP contribution >= 0.6 is 22.9 Å². The Balaban J connectivity index is 1.26. The zero-order valence-electron chi connectivity index (χ0n) is 22.7. The number of benzene rings is 1. The first-order valence-electron chi connectivity index (χ1n) is 13.9. The molecule has 1 aliphatic carbocycles. The van der Waals surface area contributed by atoms with Crippen molar-refractivity contribution in [1.29, 1.82) is 0 Å². The number of hydrogen-bond donors (Lipinski definition) is 1. The number of sulfonamides is 1. The van der Waals surface area contributed by atoms with Crippen LogP contribution < -0.4 is 9.62 Å². The van der Waals surface area contributed by atoms with E-state index in [9.17, 15) is 18.0 Å². The minimum absolute atomic E-state index is 0.0207. The minimum Gasteiger partial charge on any atom is -0.355 e. The van der Waals surface area contributed by atoms with Crippen LogP contribution in [0.25, 0.3) is 10.6 Å². The van der Waals surface area contributed by atoms with Crippen molar-refractivity contribution in [2.45, 2.75) is 56.0 Å². The van der Waals surface area contributed by atoms with Crippen LogP contribution in [0.2, 0.25) is 4.34 Å². The molecule has 2 saturated heterocycles. The smallest absolute Gasteiger partial charge is 0.241 e. The van der Waals surface area contributed by atoms with Crippen LogP contribution in [0.5, 0.6) is 0 Å². The van der Waals surface area contributed by atoms with Gasteiger partial charge in [-0.2, -0.15) is 4.72 Å². The summed E-state index contributed by atoms with van der Waals surface area (Å²) >= 11 is 7.41. The number of carbonyl (C=O) groups is 2. The largest absolute Gasteiger partial charge is 0.355 e. The van der Waals surface area contributed by atoms with Crippen LogP contribution in [-0.4, -0.2) is 80.0 Å². The predicted molar refractivity (Wildman–Crippen MR) is 157 cm³/mol. The summed E-state index contributed by atoms with van der Waals surface area (Å²) in [6, 6.07) is 9.71. The molecule has 1 atom stereocenters. The molecular weight excluding hydrogens is 586 g/mol. The van der Waals surface area contributed by atoms with E-state index in [1.807, 2.05) is 6.07 Å². The van der Waals surface area contributed by atoms with Crippen LogP contribution in [0.3, 0.4) is 0 Å². The summed E-state index contributed by atoms with van der Waals surface area (Å²) < 4.78 is 36.4. The average molecular weight is 618 g/mol. The predicted octanol–water partition coefficient (Wildman–Crippen LogP) is 3.69. The topological polar surface area (TPSA) is 116 Å². The molecule has 218 valence electrons. The molecule has 10 nitrogen and oxygen atoms in total. The molecule has 4 heterocycles. The van der Waals surface area contributed by atoms with Gasteiger partial charge in [-0.3, -0.25) is 14.5 Å². The second-order valence-electron chi connectivity index (χ2n) is 10.8. The Kier molecular flexibility index (Phi) is 7.94. The van der Waals surface area contributed by atoms with Crippen LogP contribution in [0.4, 0.5) is 5.69 Å². The van der Waals surface area contributed by atoms with Crippen molar-refractivity contribution >= 4 is 50.5 Å². The molecule has 3 fully saturated rings. The molecule has 0 spiro atoms. The molecular formula is C28H32ClN5O5S2. The van der Waals surface area contributed by atoms with Crippen molar-refractivity contribution in [2.75, 3.05) is 37.6 Å². The van der Waals surface area contributed by atoms with E-state index >= 15 is 0 Å². The summed E-state index contributed by atoms with van der Waals surface area (Å²) in [4.78, 5) is 32.8. The van der Waals surface area contributed by atoms with Gasteiger partial charge in [0.15, 0.2) is 5.76 Å². The monoisotopic (exact) mass is 617 g/mol. The SMILES string of the molecule is Cc1c(N2CCCC2=O)cccc1S(=O)(=O)N[C@@H](Cc1cc(-c2ccc(Cl)s2)on1)C(=O)N1CCN(C2CC2)CC1. The fraction of sp³-hybridized carbons (Fsp3) is 0.464. The van der Waals surface area contributed by atoms with Gasteiger partial charge in [0.2, 0.25) is 21.8 Å². The number of aromatic nitrogens is 1. The Morgan fingerprint density at radius 1 is 1.17 bits per heavy atom. The summed E-state index contributed by atoms with van der Waals surface area (Å²) in [7, 11) is -4.14. The third-order valence-corrected chi connectivity index (χ3v) is 10.8. The van der Waals surface area contributed by atoms with Crippen molar-refractivity contribution in [1.82, 2.24) is 19.7 Å². The second-order valence-corrected chi connectivity index (χ2v) is 14.2. The van der Waals surface area contributed by atoms with E-state index in [4.69, 9.17) is 16.1 Å². The Hall–Kier alpha value is -2.77. The number of hydrogen-bond acceptors (Lipinski definition) is 8. The lowest BCUT2D eigenvalue weighted by atomic mass is 10.1. The van der Waals surface area contributed by atoms with Crippen LogP contribution in [0.15, 0.2) is 45.8 Å². The van der Waals surface area contributed by atoms with E-state index in [0.717, 1.165) is 24.4 Å². The first-order valence-corrected chi connectivity index (χ1v) is 16.5. The Labute approximate surface area is 248 Å². The van der Waals surface area contributed by atoms with Gasteiger partial charge >= 0.3 is 0 Å². The average Bonchev–Trinajstić information content (AvgIpc) is 3.30. The van der Waals surface area contributed by atoms with Gasteiger partial charge in [-0.25, -0.2) is 8.42 Å². The number of thiophene rings is 1. The second kappa shape index (κ2) is 11.5. The van der Waals surface area contributed by atoms with Gasteiger partial charge in [0.05, 0.1) is 19.8 Å². The van der Waals surface area contributed by atoms with Crippen LogP contribution in [0, 0.1) is 6.92 Å². The highest BCUT2D eigenvalue weighted by atomic mass is 35.5. The number of halogens is 1. The molecule has 0 unspecified atom stereocenters. The lowest BCUT2D eigenvalue weighted by molar-refractivity contribution is -0.134. The summed E-state index contributed by atoms with van der Waals surface area (Å²) in [6.07, 6.45) is 3.59. The number of rotatable bonds is 9. The molecule has 0 radical (unpaired) electrons. The van der Waals surface area contributed by atoms with Gasteiger partial charge < -0.3 is 14.3 Å². The highest BCUT2D eigenvalue weighted by molar-refractivity contribution is 7.89.